The van der Waals surface area contributed by atoms with Crippen LogP contribution in [0.1, 0.15) is 22.3 Å². The van der Waals surface area contributed by atoms with Crippen molar-refractivity contribution in [2.45, 2.75) is 25.7 Å². The zero-order chi connectivity index (χ0) is 16.3. The molecule has 22 heavy (non-hydrogen) atoms. The van der Waals surface area contributed by atoms with E-state index >= 15 is 0 Å². The fourth-order valence-electron chi connectivity index (χ4n) is 2.36. The van der Waals surface area contributed by atoms with Crippen LogP contribution in [-0.2, 0) is 10.0 Å². The molecule has 0 amide bonds. The number of nitrogens with one attached hydrogen (secondary N) is 1. The number of hydrogen-bond donors (Lipinski definition) is 1. The van der Waals surface area contributed by atoms with Gasteiger partial charge in [-0.25, -0.2) is 4.83 Å². The number of halogens is 1. The molecule has 0 aliphatic carbocycles. The van der Waals surface area contributed by atoms with E-state index in [-0.39, 0.29) is 4.90 Å². The Morgan fingerprint density at radius 3 is 2.14 bits per heavy atom. The summed E-state index contributed by atoms with van der Waals surface area (Å²) < 4.78 is 24.8. The van der Waals surface area contributed by atoms with Crippen LogP contribution < -0.4 is 4.83 Å². The van der Waals surface area contributed by atoms with Crippen molar-refractivity contribution < 1.29 is 8.42 Å². The molecule has 0 atom stereocenters. The van der Waals surface area contributed by atoms with Crippen LogP contribution in [-0.4, -0.2) is 14.6 Å². The maximum Gasteiger partial charge on any atom is 0.277 e. The first-order chi connectivity index (χ1) is 10.3. The number of benzene rings is 2. The summed E-state index contributed by atoms with van der Waals surface area (Å²) in [7, 11) is -3.69. The number of hydrogen-bond acceptors (Lipinski definition) is 3. The monoisotopic (exact) mass is 336 g/mol. The van der Waals surface area contributed by atoms with Crippen molar-refractivity contribution in [3.8, 4) is 0 Å². The van der Waals surface area contributed by atoms with Crippen LogP contribution in [0, 0.1) is 20.8 Å². The number of sulfonamides is 1. The molecule has 0 heterocycles. The largest absolute Gasteiger partial charge is 0.277 e. The number of rotatable bonds is 4. The Kier molecular flexibility index (Phi) is 4.88. The van der Waals surface area contributed by atoms with Gasteiger partial charge in [-0.3, -0.25) is 0 Å². The van der Waals surface area contributed by atoms with Crippen molar-refractivity contribution >= 4 is 27.8 Å². The van der Waals surface area contributed by atoms with Gasteiger partial charge in [-0.05, 0) is 49.6 Å². The molecule has 0 spiro atoms. The molecule has 0 aromatic heterocycles. The second-order valence-corrected chi connectivity index (χ2v) is 7.17. The van der Waals surface area contributed by atoms with Crippen LogP contribution in [0.5, 0.6) is 0 Å². The van der Waals surface area contributed by atoms with Crippen LogP contribution in [0.3, 0.4) is 0 Å². The first-order valence-electron chi connectivity index (χ1n) is 6.68. The molecule has 0 saturated carbocycles. The third kappa shape index (κ3) is 3.87. The van der Waals surface area contributed by atoms with Gasteiger partial charge in [-0.1, -0.05) is 41.4 Å². The fraction of sp³-hybridized carbons (Fsp3) is 0.188. The molecular weight excluding hydrogens is 320 g/mol. The van der Waals surface area contributed by atoms with Crippen LogP contribution in [0.2, 0.25) is 5.02 Å². The summed E-state index contributed by atoms with van der Waals surface area (Å²) in [6.07, 6.45) is 1.44. The second-order valence-electron chi connectivity index (χ2n) is 5.13. The second kappa shape index (κ2) is 6.50. The molecule has 0 unspecified atom stereocenters. The molecule has 6 heteroatoms. The molecule has 0 fully saturated rings. The fourth-order valence-corrected chi connectivity index (χ4v) is 3.73. The summed E-state index contributed by atoms with van der Waals surface area (Å²) in [6, 6.07) is 10.6. The van der Waals surface area contributed by atoms with Crippen LogP contribution in [0.15, 0.2) is 46.4 Å². The highest BCUT2D eigenvalue weighted by atomic mass is 35.5. The summed E-state index contributed by atoms with van der Waals surface area (Å²) in [5.41, 5.74) is 3.18. The Hall–Kier alpha value is -1.85. The third-order valence-corrected chi connectivity index (χ3v) is 4.91. The van der Waals surface area contributed by atoms with Gasteiger partial charge in [0.25, 0.3) is 10.0 Å². The Balaban J connectivity index is 2.23. The highest BCUT2D eigenvalue weighted by Crippen LogP contribution is 2.21. The molecule has 0 aliphatic rings. The lowest BCUT2D eigenvalue weighted by Crippen LogP contribution is -2.20. The average molecular weight is 337 g/mol. The highest BCUT2D eigenvalue weighted by Gasteiger charge is 2.18. The van der Waals surface area contributed by atoms with E-state index in [9.17, 15) is 8.42 Å². The molecule has 4 nitrogen and oxygen atoms in total. The molecule has 0 radical (unpaired) electrons. The van der Waals surface area contributed by atoms with Crippen LogP contribution in [0.25, 0.3) is 0 Å². The van der Waals surface area contributed by atoms with Gasteiger partial charge in [0.15, 0.2) is 0 Å². The molecule has 0 bridgehead atoms. The van der Waals surface area contributed by atoms with Crippen LogP contribution in [0.4, 0.5) is 0 Å². The molecule has 116 valence electrons. The molecule has 1 N–H and O–H groups in total. The maximum atomic E-state index is 12.4. The van der Waals surface area contributed by atoms with E-state index < -0.39 is 10.0 Å². The standard InChI is InChI=1S/C16H17ClN2O2S/c1-11-8-12(2)16(13(3)9-11)22(20,21)19-18-10-14-4-6-15(17)7-5-14/h4-10,19H,1-3H3/b18-10+. The van der Waals surface area contributed by atoms with Crippen molar-refractivity contribution in [1.82, 2.24) is 4.83 Å². The van der Waals surface area contributed by atoms with E-state index in [2.05, 4.69) is 9.93 Å². The van der Waals surface area contributed by atoms with E-state index in [0.29, 0.717) is 16.1 Å². The van der Waals surface area contributed by atoms with E-state index in [1.54, 1.807) is 38.1 Å². The van der Waals surface area contributed by atoms with Crippen molar-refractivity contribution in [2.24, 2.45) is 5.10 Å². The Bertz CT molecular complexity index is 790. The van der Waals surface area contributed by atoms with E-state index in [4.69, 9.17) is 11.6 Å². The molecule has 2 aromatic rings. The number of nitrogens with zero attached hydrogens (tertiary/aromatic N) is 1. The first-order valence-corrected chi connectivity index (χ1v) is 8.54. The predicted octanol–water partition coefficient (Wildman–Crippen LogP) is 3.58. The molecule has 2 aromatic carbocycles. The lowest BCUT2D eigenvalue weighted by Gasteiger charge is -2.11. The minimum absolute atomic E-state index is 0.270. The van der Waals surface area contributed by atoms with Gasteiger partial charge >= 0.3 is 0 Å². The summed E-state index contributed by atoms with van der Waals surface area (Å²) in [4.78, 5) is 2.52. The normalized spacial score (nSPS) is 11.8. The van der Waals surface area contributed by atoms with Gasteiger partial charge in [-0.15, -0.1) is 0 Å². The van der Waals surface area contributed by atoms with E-state index in [1.807, 2.05) is 19.1 Å². The van der Waals surface area contributed by atoms with E-state index in [0.717, 1.165) is 11.1 Å². The van der Waals surface area contributed by atoms with Crippen molar-refractivity contribution in [2.75, 3.05) is 0 Å². The quantitative estimate of drug-likeness (QED) is 0.685. The molecular formula is C16H17ClN2O2S. The van der Waals surface area contributed by atoms with Gasteiger partial charge in [0.2, 0.25) is 0 Å². The van der Waals surface area contributed by atoms with Crippen molar-refractivity contribution in [3.05, 3.63) is 63.7 Å². The molecule has 0 aliphatic heterocycles. The predicted molar refractivity (Wildman–Crippen MR) is 90.0 cm³/mol. The zero-order valence-electron chi connectivity index (χ0n) is 12.6. The minimum atomic E-state index is -3.69. The van der Waals surface area contributed by atoms with Gasteiger partial charge < -0.3 is 0 Å². The van der Waals surface area contributed by atoms with Gasteiger partial charge in [-0.2, -0.15) is 13.5 Å². The topological polar surface area (TPSA) is 58.5 Å². The van der Waals surface area contributed by atoms with Gasteiger partial charge in [0.05, 0.1) is 11.1 Å². The van der Waals surface area contributed by atoms with Gasteiger partial charge in [0.1, 0.15) is 0 Å². The summed E-state index contributed by atoms with van der Waals surface area (Å²) in [6.45, 7) is 5.48. The third-order valence-electron chi connectivity index (χ3n) is 3.13. The van der Waals surface area contributed by atoms with E-state index in [1.165, 1.54) is 6.21 Å². The minimum Gasteiger partial charge on any atom is -0.200 e. The van der Waals surface area contributed by atoms with Crippen molar-refractivity contribution in [1.29, 1.82) is 0 Å². The average Bonchev–Trinajstić information content (AvgIpc) is 2.39. The summed E-state index contributed by atoms with van der Waals surface area (Å²) in [5, 5.41) is 4.43. The van der Waals surface area contributed by atoms with Gasteiger partial charge in [0, 0.05) is 5.02 Å². The van der Waals surface area contributed by atoms with Crippen molar-refractivity contribution in [3.63, 3.8) is 0 Å². The Labute approximate surface area is 135 Å². The lowest BCUT2D eigenvalue weighted by molar-refractivity contribution is 0.583. The number of hydrazone groups is 1. The Morgan fingerprint density at radius 2 is 1.59 bits per heavy atom. The maximum absolute atomic E-state index is 12.4. The highest BCUT2D eigenvalue weighted by molar-refractivity contribution is 7.89. The smallest absolute Gasteiger partial charge is 0.200 e. The number of aryl methyl sites for hydroxylation is 3. The first kappa shape index (κ1) is 16.5. The molecule has 0 saturated heterocycles. The zero-order valence-corrected chi connectivity index (χ0v) is 14.2. The SMILES string of the molecule is Cc1cc(C)c(S(=O)(=O)N/N=C/c2ccc(Cl)cc2)c(C)c1. The molecule has 2 rings (SSSR count). The lowest BCUT2D eigenvalue weighted by atomic mass is 10.1. The van der Waals surface area contributed by atoms with Crippen LogP contribution >= 0.6 is 11.6 Å². The Morgan fingerprint density at radius 1 is 1.05 bits per heavy atom. The summed E-state index contributed by atoms with van der Waals surface area (Å²) in [5.74, 6) is 0. The summed E-state index contributed by atoms with van der Waals surface area (Å²) >= 11 is 5.79.